The van der Waals surface area contributed by atoms with Crippen LogP contribution in [-0.2, 0) is 0 Å². The predicted octanol–water partition coefficient (Wildman–Crippen LogP) is 2.58. The van der Waals surface area contributed by atoms with E-state index >= 15 is 0 Å². The number of rotatable bonds is 7. The summed E-state index contributed by atoms with van der Waals surface area (Å²) in [5.74, 6) is 1.87. The van der Waals surface area contributed by atoms with Crippen LogP contribution in [0.1, 0.15) is 39.5 Å². The largest absolute Gasteiger partial charge is 0.487 e. The molecule has 2 rings (SSSR count). The van der Waals surface area contributed by atoms with Gasteiger partial charge in [0, 0.05) is 18.8 Å². The lowest BCUT2D eigenvalue weighted by molar-refractivity contribution is 0.240. The van der Waals surface area contributed by atoms with Gasteiger partial charge in [0.05, 0.1) is 6.10 Å². The third-order valence-corrected chi connectivity index (χ3v) is 3.50. The van der Waals surface area contributed by atoms with Crippen molar-refractivity contribution in [3.05, 3.63) is 18.3 Å². The van der Waals surface area contributed by atoms with Crippen molar-refractivity contribution in [2.24, 2.45) is 5.73 Å². The first-order valence-corrected chi connectivity index (χ1v) is 7.30. The van der Waals surface area contributed by atoms with Crippen LogP contribution in [-0.4, -0.2) is 30.2 Å². The first kappa shape index (κ1) is 14.1. The molecule has 1 saturated carbocycles. The Kier molecular flexibility index (Phi) is 5.02. The van der Waals surface area contributed by atoms with Crippen LogP contribution < -0.4 is 15.4 Å². The van der Waals surface area contributed by atoms with Crippen molar-refractivity contribution in [2.45, 2.75) is 51.7 Å². The van der Waals surface area contributed by atoms with Gasteiger partial charge in [0.2, 0.25) is 0 Å². The van der Waals surface area contributed by atoms with Gasteiger partial charge in [-0.1, -0.05) is 0 Å². The quantitative estimate of drug-likeness (QED) is 0.821. The molecule has 106 valence electrons. The Morgan fingerprint density at radius 2 is 2.26 bits per heavy atom. The van der Waals surface area contributed by atoms with Gasteiger partial charge in [0.25, 0.3) is 0 Å². The maximum Gasteiger partial charge on any atom is 0.171 e. The van der Waals surface area contributed by atoms with Crippen LogP contribution in [0.25, 0.3) is 0 Å². The lowest BCUT2D eigenvalue weighted by atomic mass is 9.91. The standard InChI is InChI=1S/C15H25N3O/c1-12(2)19-14-8-4-10-17-15(14)18(11-5-9-16)13-6-3-7-13/h4,8,10,12-13H,3,5-7,9,11,16H2,1-2H3. The van der Waals surface area contributed by atoms with E-state index in [4.69, 9.17) is 10.5 Å². The van der Waals surface area contributed by atoms with Crippen molar-refractivity contribution in [3.8, 4) is 5.75 Å². The molecule has 4 nitrogen and oxygen atoms in total. The molecule has 1 aromatic heterocycles. The molecule has 19 heavy (non-hydrogen) atoms. The van der Waals surface area contributed by atoms with Crippen LogP contribution in [0, 0.1) is 0 Å². The second-order valence-corrected chi connectivity index (χ2v) is 5.41. The van der Waals surface area contributed by atoms with Crippen molar-refractivity contribution in [1.29, 1.82) is 0 Å². The maximum atomic E-state index is 5.89. The van der Waals surface area contributed by atoms with Crippen molar-refractivity contribution < 1.29 is 4.74 Å². The van der Waals surface area contributed by atoms with Crippen molar-refractivity contribution in [1.82, 2.24) is 4.98 Å². The molecule has 4 heteroatoms. The van der Waals surface area contributed by atoms with Gasteiger partial charge in [-0.15, -0.1) is 0 Å². The number of nitrogens with two attached hydrogens (primary N) is 1. The van der Waals surface area contributed by atoms with Gasteiger partial charge in [-0.25, -0.2) is 4.98 Å². The Morgan fingerprint density at radius 3 is 2.84 bits per heavy atom. The molecule has 0 atom stereocenters. The summed E-state index contributed by atoms with van der Waals surface area (Å²) in [4.78, 5) is 6.93. The van der Waals surface area contributed by atoms with E-state index in [0.29, 0.717) is 6.04 Å². The second-order valence-electron chi connectivity index (χ2n) is 5.41. The van der Waals surface area contributed by atoms with E-state index in [2.05, 4.69) is 9.88 Å². The predicted molar refractivity (Wildman–Crippen MR) is 78.7 cm³/mol. The van der Waals surface area contributed by atoms with E-state index in [-0.39, 0.29) is 6.10 Å². The van der Waals surface area contributed by atoms with Crippen molar-refractivity contribution in [3.63, 3.8) is 0 Å². The molecule has 1 fully saturated rings. The fourth-order valence-electron chi connectivity index (χ4n) is 2.37. The molecule has 1 heterocycles. The van der Waals surface area contributed by atoms with Gasteiger partial charge in [0.1, 0.15) is 0 Å². The Bertz CT molecular complexity index is 391. The third-order valence-electron chi connectivity index (χ3n) is 3.50. The summed E-state index contributed by atoms with van der Waals surface area (Å²) in [6, 6.07) is 4.55. The SMILES string of the molecule is CC(C)Oc1cccnc1N(CCCN)C1CCC1. The van der Waals surface area contributed by atoms with Crippen LogP contribution in [0.5, 0.6) is 5.75 Å². The van der Waals surface area contributed by atoms with Gasteiger partial charge < -0.3 is 15.4 Å². The zero-order valence-electron chi connectivity index (χ0n) is 12.0. The molecule has 1 aliphatic rings. The zero-order valence-corrected chi connectivity index (χ0v) is 12.0. The van der Waals surface area contributed by atoms with Gasteiger partial charge in [-0.3, -0.25) is 0 Å². The molecule has 0 radical (unpaired) electrons. The molecule has 0 saturated heterocycles. The summed E-state index contributed by atoms with van der Waals surface area (Å²) in [7, 11) is 0. The molecule has 0 bridgehead atoms. The minimum Gasteiger partial charge on any atom is -0.487 e. The average molecular weight is 263 g/mol. The zero-order chi connectivity index (χ0) is 13.7. The molecular formula is C15H25N3O. The topological polar surface area (TPSA) is 51.4 Å². The van der Waals surface area contributed by atoms with E-state index in [1.165, 1.54) is 19.3 Å². The molecule has 0 aliphatic heterocycles. The fraction of sp³-hybridized carbons (Fsp3) is 0.667. The van der Waals surface area contributed by atoms with Crippen molar-refractivity contribution in [2.75, 3.05) is 18.0 Å². The van der Waals surface area contributed by atoms with Gasteiger partial charge >= 0.3 is 0 Å². The summed E-state index contributed by atoms with van der Waals surface area (Å²) >= 11 is 0. The molecule has 0 unspecified atom stereocenters. The number of hydrogen-bond acceptors (Lipinski definition) is 4. The average Bonchev–Trinajstić information content (AvgIpc) is 2.32. The highest BCUT2D eigenvalue weighted by Gasteiger charge is 2.27. The lowest BCUT2D eigenvalue weighted by Crippen LogP contribution is -2.42. The van der Waals surface area contributed by atoms with E-state index < -0.39 is 0 Å². The van der Waals surface area contributed by atoms with Gasteiger partial charge in [-0.2, -0.15) is 0 Å². The Labute approximate surface area is 116 Å². The van der Waals surface area contributed by atoms with Crippen LogP contribution in [0.15, 0.2) is 18.3 Å². The van der Waals surface area contributed by atoms with Crippen LogP contribution in [0.2, 0.25) is 0 Å². The molecular weight excluding hydrogens is 238 g/mol. The Balaban J connectivity index is 2.19. The molecule has 0 aromatic carbocycles. The number of nitrogens with zero attached hydrogens (tertiary/aromatic N) is 2. The minimum absolute atomic E-state index is 0.167. The summed E-state index contributed by atoms with van der Waals surface area (Å²) < 4.78 is 5.89. The van der Waals surface area contributed by atoms with E-state index in [1.54, 1.807) is 0 Å². The van der Waals surface area contributed by atoms with Crippen LogP contribution in [0.4, 0.5) is 5.82 Å². The second kappa shape index (κ2) is 6.75. The number of hydrogen-bond donors (Lipinski definition) is 1. The molecule has 0 spiro atoms. The first-order valence-electron chi connectivity index (χ1n) is 7.30. The summed E-state index contributed by atoms with van der Waals surface area (Å²) in [5.41, 5.74) is 5.65. The fourth-order valence-corrected chi connectivity index (χ4v) is 2.37. The van der Waals surface area contributed by atoms with E-state index in [9.17, 15) is 0 Å². The lowest BCUT2D eigenvalue weighted by Gasteiger charge is -2.39. The van der Waals surface area contributed by atoms with Crippen LogP contribution in [0.3, 0.4) is 0 Å². The number of aromatic nitrogens is 1. The third kappa shape index (κ3) is 3.60. The first-order chi connectivity index (χ1) is 9.22. The van der Waals surface area contributed by atoms with Gasteiger partial charge in [0.15, 0.2) is 11.6 Å². The summed E-state index contributed by atoms with van der Waals surface area (Å²) in [6.07, 6.45) is 6.83. The normalized spacial score (nSPS) is 15.4. The molecule has 1 aromatic rings. The van der Waals surface area contributed by atoms with Gasteiger partial charge in [-0.05, 0) is 58.2 Å². The number of ether oxygens (including phenoxy) is 1. The number of anilines is 1. The van der Waals surface area contributed by atoms with Crippen LogP contribution >= 0.6 is 0 Å². The summed E-state index contributed by atoms with van der Waals surface area (Å²) in [5, 5.41) is 0. The Morgan fingerprint density at radius 1 is 1.47 bits per heavy atom. The molecule has 1 aliphatic carbocycles. The molecule has 0 amide bonds. The minimum atomic E-state index is 0.167. The Hall–Kier alpha value is -1.29. The van der Waals surface area contributed by atoms with E-state index in [1.807, 2.05) is 32.2 Å². The highest BCUT2D eigenvalue weighted by molar-refractivity contribution is 5.53. The van der Waals surface area contributed by atoms with E-state index in [0.717, 1.165) is 31.1 Å². The maximum absolute atomic E-state index is 5.89. The number of pyridine rings is 1. The van der Waals surface area contributed by atoms with Crippen molar-refractivity contribution >= 4 is 5.82 Å². The highest BCUT2D eigenvalue weighted by Crippen LogP contribution is 2.34. The highest BCUT2D eigenvalue weighted by atomic mass is 16.5. The summed E-state index contributed by atoms with van der Waals surface area (Å²) in [6.45, 7) is 5.78. The molecule has 2 N–H and O–H groups in total. The monoisotopic (exact) mass is 263 g/mol. The smallest absolute Gasteiger partial charge is 0.171 e.